The number of methoxy groups -OCH3 is 1. The fraction of sp³-hybridized carbons (Fsp3) is 0.500. The van der Waals surface area contributed by atoms with Gasteiger partial charge in [-0.2, -0.15) is 0 Å². The molecule has 1 aromatic rings. The molecule has 12 heteroatoms. The summed E-state index contributed by atoms with van der Waals surface area (Å²) in [5, 5.41) is 17.1. The molecule has 0 aromatic heterocycles. The van der Waals surface area contributed by atoms with Crippen molar-refractivity contribution in [1.29, 1.82) is 0 Å². The molecule has 0 fully saturated rings. The predicted octanol–water partition coefficient (Wildman–Crippen LogP) is 1.06. The van der Waals surface area contributed by atoms with Crippen LogP contribution in [0.1, 0.15) is 46.1 Å². The number of aromatic hydroxyl groups is 1. The van der Waals surface area contributed by atoms with E-state index in [-0.39, 0.29) is 43.5 Å². The molecule has 0 aliphatic carbocycles. The van der Waals surface area contributed by atoms with Crippen LogP contribution in [-0.4, -0.2) is 73.7 Å². The average Bonchev–Trinajstić information content (AvgIpc) is 2.87. The maximum atomic E-state index is 12.9. The summed E-state index contributed by atoms with van der Waals surface area (Å²) in [5.41, 5.74) is 0.593. The van der Waals surface area contributed by atoms with E-state index in [0.717, 1.165) is 0 Å². The maximum Gasteiger partial charge on any atom is 0.328 e. The molecule has 0 saturated carbocycles. The summed E-state index contributed by atoms with van der Waals surface area (Å²) in [7, 11) is 1.40. The van der Waals surface area contributed by atoms with E-state index >= 15 is 0 Å². The Morgan fingerprint density at radius 2 is 1.71 bits per heavy atom. The molecule has 0 bridgehead atoms. The average molecular weight is 536 g/mol. The second-order valence-electron chi connectivity index (χ2n) is 8.43. The van der Waals surface area contributed by atoms with Gasteiger partial charge in [0.2, 0.25) is 17.7 Å². The number of carbonyl (C=O) groups excluding carboxylic acids is 5. The van der Waals surface area contributed by atoms with E-state index in [1.165, 1.54) is 31.4 Å². The fourth-order valence-corrected chi connectivity index (χ4v) is 3.20. The molecule has 38 heavy (non-hydrogen) atoms. The highest BCUT2D eigenvalue weighted by atomic mass is 16.5. The minimum atomic E-state index is -1.10. The molecule has 0 radical (unpaired) electrons. The first-order chi connectivity index (χ1) is 18.0. The van der Waals surface area contributed by atoms with Gasteiger partial charge in [-0.15, -0.1) is 0 Å². The Kier molecular flexibility index (Phi) is 14.0. The molecule has 0 aliphatic heterocycles. The number of rotatable bonds is 15. The van der Waals surface area contributed by atoms with Crippen molar-refractivity contribution in [2.45, 2.75) is 52.6 Å². The number of benzene rings is 1. The number of nitrogens with one attached hydrogen (secondary N) is 3. The van der Waals surface area contributed by atoms with Crippen LogP contribution in [0.15, 0.2) is 24.3 Å². The van der Waals surface area contributed by atoms with Gasteiger partial charge in [-0.3, -0.25) is 19.2 Å². The first-order valence-electron chi connectivity index (χ1n) is 12.3. The third kappa shape index (κ3) is 11.3. The van der Waals surface area contributed by atoms with E-state index in [9.17, 15) is 29.1 Å². The summed E-state index contributed by atoms with van der Waals surface area (Å²) in [4.78, 5) is 61.5. The Bertz CT molecular complexity index is 1010. The van der Waals surface area contributed by atoms with Crippen molar-refractivity contribution in [1.82, 2.24) is 16.0 Å². The first kappa shape index (κ1) is 31.9. The molecule has 1 rings (SSSR count). The first-order valence-corrected chi connectivity index (χ1v) is 12.3. The molecule has 210 valence electrons. The Morgan fingerprint density at radius 1 is 1.03 bits per heavy atom. The van der Waals surface area contributed by atoms with Crippen LogP contribution in [0.4, 0.5) is 0 Å². The summed E-state index contributed by atoms with van der Waals surface area (Å²) in [6.07, 6.45) is 2.55. The second kappa shape index (κ2) is 16.6. The fourth-order valence-electron chi connectivity index (χ4n) is 3.20. The lowest BCUT2D eigenvalue weighted by Crippen LogP contribution is -2.55. The van der Waals surface area contributed by atoms with Gasteiger partial charge in [0.05, 0.1) is 26.9 Å². The highest BCUT2D eigenvalue weighted by Gasteiger charge is 2.30. The summed E-state index contributed by atoms with van der Waals surface area (Å²) in [6.45, 7) is 6.56. The molecule has 3 amide bonds. The highest BCUT2D eigenvalue weighted by Crippen LogP contribution is 2.26. The molecule has 0 saturated heterocycles. The maximum absolute atomic E-state index is 12.9. The lowest BCUT2D eigenvalue weighted by Gasteiger charge is -2.24. The van der Waals surface area contributed by atoms with Crippen LogP contribution in [0.2, 0.25) is 0 Å². The summed E-state index contributed by atoms with van der Waals surface area (Å²) in [5.74, 6) is -3.18. The van der Waals surface area contributed by atoms with Crippen molar-refractivity contribution in [3.63, 3.8) is 0 Å². The van der Waals surface area contributed by atoms with E-state index in [0.29, 0.717) is 5.56 Å². The molecule has 2 atom stereocenters. The summed E-state index contributed by atoms with van der Waals surface area (Å²) in [6, 6.07) is 2.42. The van der Waals surface area contributed by atoms with E-state index in [1.807, 2.05) is 0 Å². The van der Waals surface area contributed by atoms with E-state index in [1.54, 1.807) is 33.8 Å². The van der Waals surface area contributed by atoms with Crippen LogP contribution < -0.4 is 20.7 Å². The largest absolute Gasteiger partial charge is 0.504 e. The standard InChI is InChI=1S/C26H37N3O9/c1-6-37-23(33)13-10-18(26(35)38-7-2)28-25(34)24(16(3)4)29-22(32)15-27-21(31)12-9-17-8-11-19(30)20(14-17)36-5/h8-9,11-12,14,16,18,24,30H,6-7,10,13,15H2,1-5H3,(H,27,31)(H,28,34)(H,29,32)/b12-9+. The van der Waals surface area contributed by atoms with Gasteiger partial charge in [0.25, 0.3) is 0 Å². The monoisotopic (exact) mass is 535 g/mol. The quantitative estimate of drug-likeness (QED) is 0.189. The minimum absolute atomic E-state index is 0.0303. The van der Waals surface area contributed by atoms with Crippen LogP contribution in [0.5, 0.6) is 11.5 Å². The van der Waals surface area contributed by atoms with E-state index < -0.39 is 48.3 Å². The molecule has 2 unspecified atom stereocenters. The van der Waals surface area contributed by atoms with Gasteiger partial charge in [-0.05, 0) is 50.0 Å². The molecule has 0 spiro atoms. The van der Waals surface area contributed by atoms with Gasteiger partial charge >= 0.3 is 11.9 Å². The lowest BCUT2D eigenvalue weighted by molar-refractivity contribution is -0.149. The molecule has 0 heterocycles. The predicted molar refractivity (Wildman–Crippen MR) is 138 cm³/mol. The number of ether oxygens (including phenoxy) is 3. The third-order valence-corrected chi connectivity index (χ3v) is 5.15. The number of hydrogen-bond donors (Lipinski definition) is 4. The Hall–Kier alpha value is -4.09. The Labute approximate surface area is 222 Å². The van der Waals surface area contributed by atoms with Crippen molar-refractivity contribution in [2.75, 3.05) is 26.9 Å². The van der Waals surface area contributed by atoms with Gasteiger partial charge in [0.15, 0.2) is 11.5 Å². The lowest BCUT2D eigenvalue weighted by atomic mass is 10.0. The van der Waals surface area contributed by atoms with Crippen LogP contribution in [-0.2, 0) is 33.4 Å². The normalized spacial score (nSPS) is 12.4. The van der Waals surface area contributed by atoms with Crippen molar-refractivity contribution in [2.24, 2.45) is 5.92 Å². The van der Waals surface area contributed by atoms with Crippen molar-refractivity contribution >= 4 is 35.7 Å². The zero-order valence-electron chi connectivity index (χ0n) is 22.4. The number of amides is 3. The number of phenols is 1. The third-order valence-electron chi connectivity index (χ3n) is 5.15. The summed E-state index contributed by atoms with van der Waals surface area (Å²) < 4.78 is 14.9. The van der Waals surface area contributed by atoms with Crippen molar-refractivity contribution in [3.8, 4) is 11.5 Å². The molecule has 0 aliphatic rings. The second-order valence-corrected chi connectivity index (χ2v) is 8.43. The minimum Gasteiger partial charge on any atom is -0.504 e. The zero-order valence-corrected chi connectivity index (χ0v) is 22.4. The Balaban J connectivity index is 2.72. The van der Waals surface area contributed by atoms with Crippen LogP contribution in [0.3, 0.4) is 0 Å². The van der Waals surface area contributed by atoms with E-state index in [4.69, 9.17) is 14.2 Å². The topological polar surface area (TPSA) is 169 Å². The molecular formula is C26H37N3O9. The van der Waals surface area contributed by atoms with Gasteiger partial charge in [-0.1, -0.05) is 19.9 Å². The molecular weight excluding hydrogens is 498 g/mol. The highest BCUT2D eigenvalue weighted by molar-refractivity contribution is 5.96. The number of esters is 2. The van der Waals surface area contributed by atoms with Gasteiger partial charge in [0, 0.05) is 12.5 Å². The number of phenolic OH excluding ortho intramolecular Hbond substituents is 1. The molecule has 1 aromatic carbocycles. The summed E-state index contributed by atoms with van der Waals surface area (Å²) >= 11 is 0. The van der Waals surface area contributed by atoms with Crippen LogP contribution in [0, 0.1) is 5.92 Å². The number of hydrogen-bond acceptors (Lipinski definition) is 9. The van der Waals surface area contributed by atoms with Crippen LogP contribution >= 0.6 is 0 Å². The van der Waals surface area contributed by atoms with E-state index in [2.05, 4.69) is 16.0 Å². The smallest absolute Gasteiger partial charge is 0.328 e. The van der Waals surface area contributed by atoms with Crippen molar-refractivity contribution < 1.29 is 43.3 Å². The van der Waals surface area contributed by atoms with Crippen molar-refractivity contribution in [3.05, 3.63) is 29.8 Å². The molecule has 4 N–H and O–H groups in total. The SMILES string of the molecule is CCOC(=O)CCC(NC(=O)C(NC(=O)CNC(=O)/C=C/c1ccc(O)c(OC)c1)C(C)C)C(=O)OCC. The Morgan fingerprint density at radius 3 is 2.32 bits per heavy atom. The molecule has 12 nitrogen and oxygen atoms in total. The van der Waals surface area contributed by atoms with Gasteiger partial charge in [-0.25, -0.2) is 4.79 Å². The van der Waals surface area contributed by atoms with Gasteiger partial charge < -0.3 is 35.3 Å². The number of carbonyl (C=O) groups is 5. The zero-order chi connectivity index (χ0) is 28.7. The van der Waals surface area contributed by atoms with Gasteiger partial charge in [0.1, 0.15) is 12.1 Å². The van der Waals surface area contributed by atoms with Crippen LogP contribution in [0.25, 0.3) is 6.08 Å².